The molecule has 2 rings (SSSR count). The lowest BCUT2D eigenvalue weighted by molar-refractivity contribution is 0.0592. The summed E-state index contributed by atoms with van der Waals surface area (Å²) in [4.78, 5) is 11.7. The number of aromatic nitrogens is 3. The minimum Gasteiger partial charge on any atom is -0.497 e. The fourth-order valence-electron chi connectivity index (χ4n) is 2.19. The summed E-state index contributed by atoms with van der Waals surface area (Å²) in [5, 5.41) is 8.04. The number of carbonyl (C=O) groups excluding carboxylic acids is 1. The molecule has 1 aromatic carbocycles. The van der Waals surface area contributed by atoms with Crippen LogP contribution in [0.2, 0.25) is 0 Å². The maximum atomic E-state index is 11.7. The van der Waals surface area contributed by atoms with Gasteiger partial charge in [-0.25, -0.2) is 9.48 Å². The van der Waals surface area contributed by atoms with Crippen molar-refractivity contribution in [3.63, 3.8) is 0 Å². The molecule has 1 heterocycles. The fourth-order valence-corrected chi connectivity index (χ4v) is 2.19. The van der Waals surface area contributed by atoms with Crippen LogP contribution in [0.5, 0.6) is 5.75 Å². The third-order valence-corrected chi connectivity index (χ3v) is 3.17. The number of benzene rings is 1. The van der Waals surface area contributed by atoms with E-state index in [1.807, 2.05) is 38.1 Å². The van der Waals surface area contributed by atoms with Gasteiger partial charge in [-0.2, -0.15) is 0 Å². The Balaban J connectivity index is 2.35. The quantitative estimate of drug-likeness (QED) is 0.790. The maximum Gasteiger partial charge on any atom is 0.360 e. The zero-order valence-electron chi connectivity index (χ0n) is 12.7. The smallest absolute Gasteiger partial charge is 0.360 e. The fraction of sp³-hybridized carbons (Fsp3) is 0.400. The van der Waals surface area contributed by atoms with Gasteiger partial charge in [-0.05, 0) is 23.6 Å². The van der Waals surface area contributed by atoms with Gasteiger partial charge in [-0.15, -0.1) is 5.10 Å². The predicted octanol–water partition coefficient (Wildman–Crippen LogP) is 2.25. The molecule has 0 fully saturated rings. The zero-order chi connectivity index (χ0) is 15.4. The van der Waals surface area contributed by atoms with Crippen LogP contribution < -0.4 is 4.74 Å². The Morgan fingerprint density at radius 3 is 2.71 bits per heavy atom. The Morgan fingerprint density at radius 2 is 2.10 bits per heavy atom. The largest absolute Gasteiger partial charge is 0.497 e. The van der Waals surface area contributed by atoms with E-state index in [0.29, 0.717) is 6.54 Å². The standard InChI is InChI=1S/C15H19N3O3/c1-10(2)14-13(15(19)21-4)16-17-18(14)9-11-6-5-7-12(8-11)20-3/h5-8,10H,9H2,1-4H3. The van der Waals surface area contributed by atoms with E-state index in [-0.39, 0.29) is 11.6 Å². The highest BCUT2D eigenvalue weighted by atomic mass is 16.5. The second kappa shape index (κ2) is 6.39. The predicted molar refractivity (Wildman–Crippen MR) is 77.5 cm³/mol. The number of rotatable bonds is 5. The van der Waals surface area contributed by atoms with Crippen molar-refractivity contribution in [2.45, 2.75) is 26.3 Å². The van der Waals surface area contributed by atoms with Gasteiger partial charge in [0.1, 0.15) is 5.75 Å². The van der Waals surface area contributed by atoms with E-state index in [4.69, 9.17) is 9.47 Å². The van der Waals surface area contributed by atoms with Gasteiger partial charge in [-0.1, -0.05) is 31.2 Å². The molecule has 0 aliphatic heterocycles. The average molecular weight is 289 g/mol. The molecule has 0 bridgehead atoms. The molecular weight excluding hydrogens is 270 g/mol. The normalized spacial score (nSPS) is 10.7. The molecule has 0 aliphatic rings. The summed E-state index contributed by atoms with van der Waals surface area (Å²) in [6, 6.07) is 7.71. The van der Waals surface area contributed by atoms with Crippen molar-refractivity contribution in [3.8, 4) is 5.75 Å². The van der Waals surface area contributed by atoms with Crippen molar-refractivity contribution in [2.24, 2.45) is 0 Å². The Hall–Kier alpha value is -2.37. The van der Waals surface area contributed by atoms with Gasteiger partial charge in [0.2, 0.25) is 0 Å². The lowest BCUT2D eigenvalue weighted by Crippen LogP contribution is -2.12. The third-order valence-electron chi connectivity index (χ3n) is 3.17. The number of esters is 1. The minimum atomic E-state index is -0.462. The maximum absolute atomic E-state index is 11.7. The number of methoxy groups -OCH3 is 2. The molecule has 6 heteroatoms. The lowest BCUT2D eigenvalue weighted by Gasteiger charge is -2.11. The number of hydrogen-bond donors (Lipinski definition) is 0. The van der Waals surface area contributed by atoms with Crippen LogP contribution in [0.1, 0.15) is 41.5 Å². The highest BCUT2D eigenvalue weighted by molar-refractivity contribution is 5.88. The Morgan fingerprint density at radius 1 is 1.33 bits per heavy atom. The van der Waals surface area contributed by atoms with E-state index in [1.54, 1.807) is 11.8 Å². The molecule has 0 unspecified atom stereocenters. The third kappa shape index (κ3) is 3.21. The van der Waals surface area contributed by atoms with Crippen LogP contribution >= 0.6 is 0 Å². The summed E-state index contributed by atoms with van der Waals surface area (Å²) in [5.41, 5.74) is 2.07. The minimum absolute atomic E-state index is 0.111. The summed E-state index contributed by atoms with van der Waals surface area (Å²) < 4.78 is 11.7. The van der Waals surface area contributed by atoms with Crippen LogP contribution in [0.3, 0.4) is 0 Å². The second-order valence-corrected chi connectivity index (χ2v) is 4.98. The number of nitrogens with zero attached hydrogens (tertiary/aromatic N) is 3. The molecule has 21 heavy (non-hydrogen) atoms. The lowest BCUT2D eigenvalue weighted by atomic mass is 10.1. The number of hydrogen-bond acceptors (Lipinski definition) is 5. The summed E-state index contributed by atoms with van der Waals surface area (Å²) in [7, 11) is 2.97. The van der Waals surface area contributed by atoms with Gasteiger partial charge >= 0.3 is 5.97 Å². The monoisotopic (exact) mass is 289 g/mol. The van der Waals surface area contributed by atoms with Crippen LogP contribution in [0.4, 0.5) is 0 Å². The first-order valence-corrected chi connectivity index (χ1v) is 6.71. The first kappa shape index (κ1) is 15.0. The van der Waals surface area contributed by atoms with Gasteiger partial charge in [-0.3, -0.25) is 0 Å². The van der Waals surface area contributed by atoms with Gasteiger partial charge in [0.25, 0.3) is 0 Å². The molecule has 0 radical (unpaired) electrons. The molecule has 112 valence electrons. The molecule has 0 aliphatic carbocycles. The Kier molecular flexibility index (Phi) is 4.57. The highest BCUT2D eigenvalue weighted by Crippen LogP contribution is 2.20. The number of carbonyl (C=O) groups is 1. The van der Waals surface area contributed by atoms with Crippen molar-refractivity contribution in [1.82, 2.24) is 15.0 Å². The first-order chi connectivity index (χ1) is 10.1. The topological polar surface area (TPSA) is 66.2 Å². The van der Waals surface area contributed by atoms with Crippen LogP contribution in [-0.4, -0.2) is 35.2 Å². The molecule has 0 saturated carbocycles. The van der Waals surface area contributed by atoms with E-state index in [9.17, 15) is 4.79 Å². The van der Waals surface area contributed by atoms with Crippen LogP contribution in [0.15, 0.2) is 24.3 Å². The molecule has 0 spiro atoms. The van der Waals surface area contributed by atoms with Gasteiger partial charge in [0, 0.05) is 0 Å². The van der Waals surface area contributed by atoms with Crippen molar-refractivity contribution < 1.29 is 14.3 Å². The van der Waals surface area contributed by atoms with E-state index in [2.05, 4.69) is 10.3 Å². The Labute approximate surface area is 123 Å². The number of ether oxygens (including phenoxy) is 2. The van der Waals surface area contributed by atoms with Gasteiger partial charge in [0.05, 0.1) is 26.5 Å². The summed E-state index contributed by atoms with van der Waals surface area (Å²) in [6.45, 7) is 4.51. The summed E-state index contributed by atoms with van der Waals surface area (Å²) in [5.74, 6) is 0.433. The van der Waals surface area contributed by atoms with Crippen molar-refractivity contribution >= 4 is 5.97 Å². The van der Waals surface area contributed by atoms with E-state index in [0.717, 1.165) is 17.0 Å². The van der Waals surface area contributed by atoms with Crippen LogP contribution in [0.25, 0.3) is 0 Å². The van der Waals surface area contributed by atoms with Crippen molar-refractivity contribution in [2.75, 3.05) is 14.2 Å². The van der Waals surface area contributed by atoms with E-state index < -0.39 is 5.97 Å². The van der Waals surface area contributed by atoms with Crippen molar-refractivity contribution in [1.29, 1.82) is 0 Å². The molecular formula is C15H19N3O3. The molecule has 0 amide bonds. The molecule has 2 aromatic rings. The van der Waals surface area contributed by atoms with Gasteiger partial charge in [0.15, 0.2) is 5.69 Å². The molecule has 0 N–H and O–H groups in total. The SMILES string of the molecule is COC(=O)c1nnn(Cc2cccc(OC)c2)c1C(C)C. The molecule has 0 saturated heterocycles. The van der Waals surface area contributed by atoms with Crippen LogP contribution in [0, 0.1) is 0 Å². The Bertz CT molecular complexity index is 635. The van der Waals surface area contributed by atoms with E-state index >= 15 is 0 Å². The molecule has 1 aromatic heterocycles. The summed E-state index contributed by atoms with van der Waals surface area (Å²) >= 11 is 0. The average Bonchev–Trinajstić information content (AvgIpc) is 2.90. The first-order valence-electron chi connectivity index (χ1n) is 6.71. The molecule has 0 atom stereocenters. The van der Waals surface area contributed by atoms with Gasteiger partial charge < -0.3 is 9.47 Å². The highest BCUT2D eigenvalue weighted by Gasteiger charge is 2.22. The van der Waals surface area contributed by atoms with E-state index in [1.165, 1.54) is 7.11 Å². The van der Waals surface area contributed by atoms with Crippen molar-refractivity contribution in [3.05, 3.63) is 41.2 Å². The van der Waals surface area contributed by atoms with Crippen LogP contribution in [-0.2, 0) is 11.3 Å². The zero-order valence-corrected chi connectivity index (χ0v) is 12.7. The second-order valence-electron chi connectivity index (χ2n) is 4.98. The molecule has 6 nitrogen and oxygen atoms in total. The summed E-state index contributed by atoms with van der Waals surface area (Å²) in [6.07, 6.45) is 0.